The summed E-state index contributed by atoms with van der Waals surface area (Å²) in [5, 5.41) is 9.36. The zero-order valence-corrected chi connectivity index (χ0v) is 11.6. The van der Waals surface area contributed by atoms with Gasteiger partial charge in [-0.05, 0) is 44.0 Å². The summed E-state index contributed by atoms with van der Waals surface area (Å²) in [6, 6.07) is 5.14. The van der Waals surface area contributed by atoms with Gasteiger partial charge in [0.2, 0.25) is 0 Å². The summed E-state index contributed by atoms with van der Waals surface area (Å²) in [6.45, 7) is 7.15. The van der Waals surface area contributed by atoms with E-state index < -0.39 is 11.9 Å². The van der Waals surface area contributed by atoms with Crippen LogP contribution in [0.4, 0.5) is 4.39 Å². The fraction of sp³-hybridized carbons (Fsp3) is 0.533. The second kappa shape index (κ2) is 5.29. The lowest BCUT2D eigenvalue weighted by atomic mass is 9.88. The van der Waals surface area contributed by atoms with E-state index in [0.29, 0.717) is 19.1 Å². The number of rotatable bonds is 3. The summed E-state index contributed by atoms with van der Waals surface area (Å²) in [5.41, 5.74) is 1.63. The highest BCUT2D eigenvalue weighted by Gasteiger charge is 2.39. The maximum absolute atomic E-state index is 13.5. The molecule has 1 saturated heterocycles. The quantitative estimate of drug-likeness (QED) is 0.913. The molecule has 1 aromatic carbocycles. The highest BCUT2D eigenvalue weighted by molar-refractivity contribution is 5.72. The molecular formula is C15H20FNO2. The van der Waals surface area contributed by atoms with Gasteiger partial charge in [-0.25, -0.2) is 4.39 Å². The van der Waals surface area contributed by atoms with Crippen molar-refractivity contribution in [3.05, 3.63) is 35.1 Å². The zero-order valence-electron chi connectivity index (χ0n) is 11.6. The highest BCUT2D eigenvalue weighted by Crippen LogP contribution is 2.34. The molecule has 1 fully saturated rings. The van der Waals surface area contributed by atoms with E-state index in [9.17, 15) is 14.3 Å². The van der Waals surface area contributed by atoms with E-state index in [2.05, 4.69) is 18.7 Å². The largest absolute Gasteiger partial charge is 0.481 e. The number of hydrogen-bond donors (Lipinski definition) is 1. The Kier molecular flexibility index (Phi) is 3.90. The minimum Gasteiger partial charge on any atom is -0.481 e. The van der Waals surface area contributed by atoms with E-state index >= 15 is 0 Å². The molecular weight excluding hydrogens is 245 g/mol. The molecule has 2 atom stereocenters. The van der Waals surface area contributed by atoms with E-state index in [1.807, 2.05) is 13.0 Å². The van der Waals surface area contributed by atoms with Crippen molar-refractivity contribution in [2.24, 2.45) is 5.92 Å². The van der Waals surface area contributed by atoms with Gasteiger partial charge in [-0.2, -0.15) is 0 Å². The SMILES string of the molecule is Cc1cc(F)cc(C2CN(C(C)C)CC2C(=O)O)c1. The molecule has 0 radical (unpaired) electrons. The van der Waals surface area contributed by atoms with Crippen LogP contribution in [0.5, 0.6) is 0 Å². The van der Waals surface area contributed by atoms with E-state index in [1.165, 1.54) is 12.1 Å². The second-order valence-electron chi connectivity index (χ2n) is 5.66. The lowest BCUT2D eigenvalue weighted by Gasteiger charge is -2.20. The third-order valence-corrected chi connectivity index (χ3v) is 3.89. The van der Waals surface area contributed by atoms with Crippen LogP contribution >= 0.6 is 0 Å². The molecule has 2 rings (SSSR count). The number of carboxylic acids is 1. The van der Waals surface area contributed by atoms with E-state index in [-0.39, 0.29) is 11.7 Å². The van der Waals surface area contributed by atoms with Crippen LogP contribution in [0, 0.1) is 18.7 Å². The van der Waals surface area contributed by atoms with Crippen molar-refractivity contribution in [3.8, 4) is 0 Å². The van der Waals surface area contributed by atoms with Gasteiger partial charge in [0.15, 0.2) is 0 Å². The summed E-state index contributed by atoms with van der Waals surface area (Å²) in [4.78, 5) is 13.5. The predicted molar refractivity (Wildman–Crippen MR) is 71.7 cm³/mol. The highest BCUT2D eigenvalue weighted by atomic mass is 19.1. The van der Waals surface area contributed by atoms with Crippen molar-refractivity contribution in [3.63, 3.8) is 0 Å². The molecule has 0 bridgehead atoms. The minimum absolute atomic E-state index is 0.130. The fourth-order valence-electron chi connectivity index (χ4n) is 2.82. The van der Waals surface area contributed by atoms with Crippen LogP contribution in [0.1, 0.15) is 30.9 Å². The second-order valence-corrected chi connectivity index (χ2v) is 5.66. The first-order chi connectivity index (χ1) is 8.88. The van der Waals surface area contributed by atoms with Gasteiger partial charge in [-0.3, -0.25) is 9.69 Å². The average molecular weight is 265 g/mol. The van der Waals surface area contributed by atoms with Crippen molar-refractivity contribution < 1.29 is 14.3 Å². The number of aryl methyl sites for hydroxylation is 1. The smallest absolute Gasteiger partial charge is 0.308 e. The monoisotopic (exact) mass is 265 g/mol. The van der Waals surface area contributed by atoms with Crippen molar-refractivity contribution in [2.75, 3.05) is 13.1 Å². The Labute approximate surface area is 113 Å². The number of nitrogens with zero attached hydrogens (tertiary/aromatic N) is 1. The van der Waals surface area contributed by atoms with Crippen molar-refractivity contribution in [2.45, 2.75) is 32.7 Å². The summed E-state index contributed by atoms with van der Waals surface area (Å²) in [5.74, 6) is -1.67. The molecule has 1 aliphatic heterocycles. The fourth-order valence-corrected chi connectivity index (χ4v) is 2.82. The van der Waals surface area contributed by atoms with Gasteiger partial charge in [-0.1, -0.05) is 6.07 Å². The number of carboxylic acid groups (broad SMARTS) is 1. The molecule has 1 N–H and O–H groups in total. The van der Waals surface area contributed by atoms with Crippen molar-refractivity contribution in [1.29, 1.82) is 0 Å². The summed E-state index contributed by atoms with van der Waals surface area (Å²) >= 11 is 0. The third kappa shape index (κ3) is 2.95. The molecule has 0 aromatic heterocycles. The Morgan fingerprint density at radius 2 is 2.05 bits per heavy atom. The van der Waals surface area contributed by atoms with Gasteiger partial charge < -0.3 is 5.11 Å². The van der Waals surface area contributed by atoms with Crippen LogP contribution in [0.15, 0.2) is 18.2 Å². The molecule has 104 valence electrons. The zero-order chi connectivity index (χ0) is 14.2. The molecule has 4 heteroatoms. The molecule has 2 unspecified atom stereocenters. The van der Waals surface area contributed by atoms with E-state index in [4.69, 9.17) is 0 Å². The molecule has 0 spiro atoms. The number of hydrogen-bond acceptors (Lipinski definition) is 2. The molecule has 1 heterocycles. The normalized spacial score (nSPS) is 24.1. The van der Waals surface area contributed by atoms with Gasteiger partial charge in [-0.15, -0.1) is 0 Å². The van der Waals surface area contributed by atoms with Crippen LogP contribution in [0.25, 0.3) is 0 Å². The Balaban J connectivity index is 2.32. The lowest BCUT2D eigenvalue weighted by Crippen LogP contribution is -2.29. The van der Waals surface area contributed by atoms with Crippen LogP contribution in [-0.4, -0.2) is 35.1 Å². The van der Waals surface area contributed by atoms with E-state index in [0.717, 1.165) is 11.1 Å². The van der Waals surface area contributed by atoms with Crippen molar-refractivity contribution in [1.82, 2.24) is 4.90 Å². The molecule has 1 aliphatic rings. The number of halogens is 1. The molecule has 19 heavy (non-hydrogen) atoms. The standard InChI is InChI=1S/C15H20FNO2/c1-9(2)17-7-13(14(8-17)15(18)19)11-4-10(3)5-12(16)6-11/h4-6,9,13-14H,7-8H2,1-3H3,(H,18,19). The van der Waals surface area contributed by atoms with Gasteiger partial charge in [0, 0.05) is 25.0 Å². The first-order valence-electron chi connectivity index (χ1n) is 6.62. The van der Waals surface area contributed by atoms with Crippen molar-refractivity contribution >= 4 is 5.97 Å². The van der Waals surface area contributed by atoms with E-state index in [1.54, 1.807) is 0 Å². The number of carbonyl (C=O) groups is 1. The molecule has 3 nitrogen and oxygen atoms in total. The summed E-state index contributed by atoms with van der Waals surface area (Å²) < 4.78 is 13.5. The van der Waals surface area contributed by atoms with Gasteiger partial charge in [0.25, 0.3) is 0 Å². The van der Waals surface area contributed by atoms with Crippen LogP contribution < -0.4 is 0 Å². The Hall–Kier alpha value is -1.42. The maximum Gasteiger partial charge on any atom is 0.308 e. The Morgan fingerprint density at radius 3 is 2.58 bits per heavy atom. The summed E-state index contributed by atoms with van der Waals surface area (Å²) in [6.07, 6.45) is 0. The van der Waals surface area contributed by atoms with Gasteiger partial charge in [0.05, 0.1) is 5.92 Å². The van der Waals surface area contributed by atoms with Gasteiger partial charge in [0.1, 0.15) is 5.82 Å². The number of likely N-dealkylation sites (tertiary alicyclic amines) is 1. The van der Waals surface area contributed by atoms with Gasteiger partial charge >= 0.3 is 5.97 Å². The first kappa shape index (κ1) is 14.0. The molecule has 1 aromatic rings. The number of benzene rings is 1. The Bertz CT molecular complexity index is 467. The number of aliphatic carboxylic acids is 1. The summed E-state index contributed by atoms with van der Waals surface area (Å²) in [7, 11) is 0. The molecule has 0 saturated carbocycles. The minimum atomic E-state index is -0.796. The topological polar surface area (TPSA) is 40.5 Å². The van der Waals surface area contributed by atoms with Crippen LogP contribution in [0.3, 0.4) is 0 Å². The first-order valence-corrected chi connectivity index (χ1v) is 6.62. The van der Waals surface area contributed by atoms with Crippen LogP contribution in [-0.2, 0) is 4.79 Å². The average Bonchev–Trinajstić information content (AvgIpc) is 2.72. The third-order valence-electron chi connectivity index (χ3n) is 3.89. The Morgan fingerprint density at radius 1 is 1.37 bits per heavy atom. The maximum atomic E-state index is 13.5. The van der Waals surface area contributed by atoms with Crippen LogP contribution in [0.2, 0.25) is 0 Å². The predicted octanol–water partition coefficient (Wildman–Crippen LogP) is 2.64. The molecule has 0 aliphatic carbocycles. The lowest BCUT2D eigenvalue weighted by molar-refractivity contribution is -0.141. The molecule has 0 amide bonds.